The van der Waals surface area contributed by atoms with E-state index in [0.717, 1.165) is 0 Å². The zero-order chi connectivity index (χ0) is 12.2. The average Bonchev–Trinajstić information content (AvgIpc) is 2.25. The van der Waals surface area contributed by atoms with Crippen molar-refractivity contribution in [2.45, 2.75) is 18.5 Å². The summed E-state index contributed by atoms with van der Waals surface area (Å²) < 4.78 is 43.0. The zero-order valence-electron chi connectivity index (χ0n) is 8.92. The average molecular weight is 230 g/mol. The van der Waals surface area contributed by atoms with Crippen LogP contribution in [0, 0.1) is 0 Å². The monoisotopic (exact) mass is 230 g/mol. The number of hydrogen-bond acceptors (Lipinski definition) is 1. The molecule has 0 fully saturated rings. The Morgan fingerprint density at radius 1 is 1.31 bits per heavy atom. The van der Waals surface area contributed by atoms with Gasteiger partial charge in [-0.05, 0) is 24.1 Å². The lowest BCUT2D eigenvalue weighted by Crippen LogP contribution is -2.20. The van der Waals surface area contributed by atoms with Gasteiger partial charge in [0.2, 0.25) is 0 Å². The van der Waals surface area contributed by atoms with Gasteiger partial charge >= 0.3 is 6.18 Å². The molecule has 0 saturated carbocycles. The van der Waals surface area contributed by atoms with E-state index < -0.39 is 12.1 Å². The molecule has 0 bridgehead atoms. The van der Waals surface area contributed by atoms with Crippen molar-refractivity contribution < 1.29 is 17.9 Å². The van der Waals surface area contributed by atoms with Gasteiger partial charge in [-0.25, -0.2) is 0 Å². The summed E-state index contributed by atoms with van der Waals surface area (Å²) in [7, 11) is 1.47. The van der Waals surface area contributed by atoms with Gasteiger partial charge in [0, 0.05) is 0 Å². The maximum Gasteiger partial charge on any atom is 0.396 e. The Morgan fingerprint density at radius 2 is 1.88 bits per heavy atom. The molecule has 0 aliphatic carbocycles. The summed E-state index contributed by atoms with van der Waals surface area (Å²) in [5.74, 6) is -0.945. The molecule has 0 amide bonds. The van der Waals surface area contributed by atoms with Crippen molar-refractivity contribution >= 4 is 0 Å². The molecule has 1 aromatic carbocycles. The zero-order valence-corrected chi connectivity index (χ0v) is 8.92. The summed E-state index contributed by atoms with van der Waals surface area (Å²) >= 11 is 0. The van der Waals surface area contributed by atoms with Gasteiger partial charge in [0.05, 0.1) is 13.0 Å². The van der Waals surface area contributed by atoms with E-state index in [1.54, 1.807) is 0 Å². The molecule has 0 aliphatic rings. The molecule has 16 heavy (non-hydrogen) atoms. The summed E-state index contributed by atoms with van der Waals surface area (Å²) in [6.45, 7) is 3.35. The molecular weight excluding hydrogens is 217 g/mol. The number of hydrogen-bond donors (Lipinski definition) is 0. The molecule has 0 heterocycles. The predicted molar refractivity (Wildman–Crippen MR) is 56.6 cm³/mol. The predicted octanol–water partition coefficient (Wildman–Crippen LogP) is 3.92. The van der Waals surface area contributed by atoms with Gasteiger partial charge in [0.1, 0.15) is 5.75 Å². The third kappa shape index (κ3) is 3.02. The number of rotatable bonds is 4. The largest absolute Gasteiger partial charge is 0.497 e. The van der Waals surface area contributed by atoms with Gasteiger partial charge in [-0.15, -0.1) is 6.58 Å². The Labute approximate surface area is 92.5 Å². The van der Waals surface area contributed by atoms with E-state index in [0.29, 0.717) is 5.75 Å². The molecule has 0 N–H and O–H groups in total. The smallest absolute Gasteiger partial charge is 0.396 e. The van der Waals surface area contributed by atoms with Crippen LogP contribution in [0.4, 0.5) is 13.2 Å². The lowest BCUT2D eigenvalue weighted by Gasteiger charge is -2.19. The lowest BCUT2D eigenvalue weighted by atomic mass is 9.95. The number of ether oxygens (including phenoxy) is 1. The number of allylic oxidation sites excluding steroid dienone is 1. The normalized spacial score (nSPS) is 13.2. The maximum atomic E-state index is 12.7. The molecule has 1 aromatic rings. The van der Waals surface area contributed by atoms with Crippen LogP contribution < -0.4 is 4.74 Å². The summed E-state index contributed by atoms with van der Waals surface area (Å²) in [4.78, 5) is 0. The molecule has 0 saturated heterocycles. The van der Waals surface area contributed by atoms with Crippen molar-refractivity contribution in [3.63, 3.8) is 0 Å². The van der Waals surface area contributed by atoms with Crippen LogP contribution in [0.3, 0.4) is 0 Å². The molecular formula is C12H13F3O. The van der Waals surface area contributed by atoms with E-state index in [1.807, 2.05) is 0 Å². The SMILES string of the molecule is C=CCC(c1ccc(OC)cc1)C(F)(F)F. The molecule has 0 aromatic heterocycles. The Hall–Kier alpha value is -1.45. The van der Waals surface area contributed by atoms with Crippen molar-refractivity contribution in [1.29, 1.82) is 0 Å². The van der Waals surface area contributed by atoms with Crippen molar-refractivity contribution in [1.82, 2.24) is 0 Å². The Morgan fingerprint density at radius 3 is 2.25 bits per heavy atom. The first-order valence-electron chi connectivity index (χ1n) is 4.80. The van der Waals surface area contributed by atoms with Crippen LogP contribution in [0.25, 0.3) is 0 Å². The number of benzene rings is 1. The fourth-order valence-corrected chi connectivity index (χ4v) is 1.46. The highest BCUT2D eigenvalue weighted by molar-refractivity contribution is 5.30. The van der Waals surface area contributed by atoms with Crippen LogP contribution in [0.1, 0.15) is 17.9 Å². The molecule has 88 valence electrons. The van der Waals surface area contributed by atoms with Gasteiger partial charge in [0.15, 0.2) is 0 Å². The van der Waals surface area contributed by atoms with E-state index in [1.165, 1.54) is 37.5 Å². The van der Waals surface area contributed by atoms with Crippen molar-refractivity contribution in [3.8, 4) is 5.75 Å². The summed E-state index contributed by atoms with van der Waals surface area (Å²) in [5.41, 5.74) is 0.230. The molecule has 1 rings (SSSR count). The number of methoxy groups -OCH3 is 1. The van der Waals surface area contributed by atoms with E-state index in [-0.39, 0.29) is 12.0 Å². The fourth-order valence-electron chi connectivity index (χ4n) is 1.46. The van der Waals surface area contributed by atoms with Crippen LogP contribution in [0.5, 0.6) is 5.75 Å². The molecule has 0 radical (unpaired) electrons. The van der Waals surface area contributed by atoms with Crippen LogP contribution in [-0.2, 0) is 0 Å². The second kappa shape index (κ2) is 5.05. The third-order valence-corrected chi connectivity index (χ3v) is 2.32. The highest BCUT2D eigenvalue weighted by atomic mass is 19.4. The topological polar surface area (TPSA) is 9.23 Å². The van der Waals surface area contributed by atoms with Crippen molar-refractivity contribution in [2.75, 3.05) is 7.11 Å². The minimum absolute atomic E-state index is 0.115. The van der Waals surface area contributed by atoms with Crippen molar-refractivity contribution in [3.05, 3.63) is 42.5 Å². The Balaban J connectivity index is 2.97. The quantitative estimate of drug-likeness (QED) is 0.712. The van der Waals surface area contributed by atoms with Crippen LogP contribution >= 0.6 is 0 Å². The minimum Gasteiger partial charge on any atom is -0.497 e. The fraction of sp³-hybridized carbons (Fsp3) is 0.333. The summed E-state index contributed by atoms with van der Waals surface area (Å²) in [6.07, 6.45) is -3.08. The second-order valence-corrected chi connectivity index (χ2v) is 3.39. The van der Waals surface area contributed by atoms with Crippen LogP contribution in [-0.4, -0.2) is 13.3 Å². The van der Waals surface area contributed by atoms with Gasteiger partial charge in [0.25, 0.3) is 0 Å². The lowest BCUT2D eigenvalue weighted by molar-refractivity contribution is -0.149. The molecule has 0 spiro atoms. The number of alkyl halides is 3. The molecule has 4 heteroatoms. The first-order chi connectivity index (χ1) is 7.49. The van der Waals surface area contributed by atoms with Crippen molar-refractivity contribution in [2.24, 2.45) is 0 Å². The highest BCUT2D eigenvalue weighted by Gasteiger charge is 2.39. The first-order valence-corrected chi connectivity index (χ1v) is 4.80. The molecule has 0 aliphatic heterocycles. The Bertz CT molecular complexity index is 340. The summed E-state index contributed by atoms with van der Waals surface area (Å²) in [5, 5.41) is 0. The highest BCUT2D eigenvalue weighted by Crippen LogP contribution is 2.37. The van der Waals surface area contributed by atoms with Crippen LogP contribution in [0.2, 0.25) is 0 Å². The second-order valence-electron chi connectivity index (χ2n) is 3.39. The molecule has 1 nitrogen and oxygen atoms in total. The third-order valence-electron chi connectivity index (χ3n) is 2.32. The first kappa shape index (κ1) is 12.6. The maximum absolute atomic E-state index is 12.7. The van der Waals surface area contributed by atoms with Crippen LogP contribution in [0.15, 0.2) is 36.9 Å². The van der Waals surface area contributed by atoms with Gasteiger partial charge in [-0.1, -0.05) is 18.2 Å². The van der Waals surface area contributed by atoms with E-state index in [2.05, 4.69) is 6.58 Å². The molecule has 1 atom stereocenters. The van der Waals surface area contributed by atoms with E-state index in [4.69, 9.17) is 4.74 Å². The van der Waals surface area contributed by atoms with Gasteiger partial charge in [-0.2, -0.15) is 13.2 Å². The van der Waals surface area contributed by atoms with Gasteiger partial charge < -0.3 is 4.74 Å². The van der Waals surface area contributed by atoms with E-state index >= 15 is 0 Å². The molecule has 1 unspecified atom stereocenters. The van der Waals surface area contributed by atoms with Gasteiger partial charge in [-0.3, -0.25) is 0 Å². The minimum atomic E-state index is -4.25. The Kier molecular flexibility index (Phi) is 3.99. The standard InChI is InChI=1S/C12H13F3O/c1-3-4-11(12(13,14)15)9-5-7-10(16-2)8-6-9/h3,5-8,11H,1,4H2,2H3. The van der Waals surface area contributed by atoms with E-state index in [9.17, 15) is 13.2 Å². The number of halogens is 3. The summed E-state index contributed by atoms with van der Waals surface area (Å²) in [6, 6.07) is 5.91.